The van der Waals surface area contributed by atoms with E-state index in [2.05, 4.69) is 5.32 Å². The highest BCUT2D eigenvalue weighted by molar-refractivity contribution is 6.33. The molecule has 0 aromatic heterocycles. The van der Waals surface area contributed by atoms with Crippen LogP contribution in [0.5, 0.6) is 0 Å². The highest BCUT2D eigenvalue weighted by Gasteiger charge is 2.31. The minimum Gasteiger partial charge on any atom is -0.323 e. The molecule has 20 heavy (non-hydrogen) atoms. The molecule has 1 rings (SSSR count). The third-order valence-electron chi connectivity index (χ3n) is 3.11. The largest absolute Gasteiger partial charge is 0.416 e. The zero-order valence-electron chi connectivity index (χ0n) is 11.1. The summed E-state index contributed by atoms with van der Waals surface area (Å²) in [4.78, 5) is 11.8. The number of hydrogen-bond donors (Lipinski definition) is 2. The van der Waals surface area contributed by atoms with E-state index >= 15 is 0 Å². The van der Waals surface area contributed by atoms with Gasteiger partial charge in [-0.2, -0.15) is 13.2 Å². The molecule has 2 atom stereocenters. The molecule has 0 heterocycles. The van der Waals surface area contributed by atoms with Crippen molar-refractivity contribution in [2.75, 3.05) is 5.32 Å². The number of alkyl halides is 3. The van der Waals surface area contributed by atoms with E-state index in [1.165, 1.54) is 0 Å². The van der Waals surface area contributed by atoms with Crippen molar-refractivity contribution in [1.29, 1.82) is 0 Å². The summed E-state index contributed by atoms with van der Waals surface area (Å²) in [5.74, 6) is -0.510. The lowest BCUT2D eigenvalue weighted by atomic mass is 9.99. The van der Waals surface area contributed by atoms with Crippen LogP contribution in [-0.4, -0.2) is 11.9 Å². The van der Waals surface area contributed by atoms with E-state index in [0.717, 1.165) is 24.6 Å². The van der Waals surface area contributed by atoms with Crippen molar-refractivity contribution >= 4 is 23.2 Å². The number of carbonyl (C=O) groups is 1. The van der Waals surface area contributed by atoms with Gasteiger partial charge in [-0.15, -0.1) is 0 Å². The average Bonchev–Trinajstić information content (AvgIpc) is 2.37. The molecule has 7 heteroatoms. The number of amides is 1. The van der Waals surface area contributed by atoms with Crippen LogP contribution in [0.2, 0.25) is 5.02 Å². The van der Waals surface area contributed by atoms with E-state index < -0.39 is 23.7 Å². The Labute approximate surface area is 120 Å². The summed E-state index contributed by atoms with van der Waals surface area (Å²) in [6, 6.07) is 2.01. The SMILES string of the molecule is CCC(C)[C@H](N)C(=O)Nc1ccc(C(F)(F)F)cc1Cl. The number of hydrogen-bond acceptors (Lipinski definition) is 2. The lowest BCUT2D eigenvalue weighted by Gasteiger charge is -2.18. The number of halogens is 4. The van der Waals surface area contributed by atoms with Crippen molar-refractivity contribution < 1.29 is 18.0 Å². The Morgan fingerprint density at radius 1 is 1.45 bits per heavy atom. The molecular formula is C13H16ClF3N2O. The topological polar surface area (TPSA) is 55.1 Å². The molecule has 1 amide bonds. The van der Waals surface area contributed by atoms with Gasteiger partial charge in [0.2, 0.25) is 5.91 Å². The van der Waals surface area contributed by atoms with Crippen LogP contribution in [-0.2, 0) is 11.0 Å². The first-order valence-electron chi connectivity index (χ1n) is 6.10. The zero-order valence-corrected chi connectivity index (χ0v) is 11.8. The lowest BCUT2D eigenvalue weighted by molar-refractivity contribution is -0.137. The van der Waals surface area contributed by atoms with Crippen molar-refractivity contribution in [2.45, 2.75) is 32.5 Å². The monoisotopic (exact) mass is 308 g/mol. The molecule has 1 aromatic carbocycles. The van der Waals surface area contributed by atoms with Crippen LogP contribution in [0.4, 0.5) is 18.9 Å². The van der Waals surface area contributed by atoms with E-state index in [4.69, 9.17) is 17.3 Å². The zero-order chi connectivity index (χ0) is 15.5. The summed E-state index contributed by atoms with van der Waals surface area (Å²) >= 11 is 5.74. The fraction of sp³-hybridized carbons (Fsp3) is 0.462. The Balaban J connectivity index is 2.87. The van der Waals surface area contributed by atoms with Gasteiger partial charge >= 0.3 is 6.18 Å². The van der Waals surface area contributed by atoms with Crippen molar-refractivity contribution in [2.24, 2.45) is 11.7 Å². The third-order valence-corrected chi connectivity index (χ3v) is 3.43. The average molecular weight is 309 g/mol. The van der Waals surface area contributed by atoms with Crippen LogP contribution in [0, 0.1) is 5.92 Å². The van der Waals surface area contributed by atoms with E-state index in [1.807, 2.05) is 13.8 Å². The Hall–Kier alpha value is -1.27. The smallest absolute Gasteiger partial charge is 0.323 e. The summed E-state index contributed by atoms with van der Waals surface area (Å²) in [7, 11) is 0. The third kappa shape index (κ3) is 4.11. The Morgan fingerprint density at radius 2 is 2.05 bits per heavy atom. The van der Waals surface area contributed by atoms with Crippen LogP contribution in [0.25, 0.3) is 0 Å². The highest BCUT2D eigenvalue weighted by Crippen LogP contribution is 2.33. The maximum absolute atomic E-state index is 12.5. The summed E-state index contributed by atoms with van der Waals surface area (Å²) in [5.41, 5.74) is 4.98. The van der Waals surface area contributed by atoms with Crippen LogP contribution < -0.4 is 11.1 Å². The molecule has 0 aliphatic rings. The second-order valence-electron chi connectivity index (χ2n) is 4.59. The molecule has 3 N–H and O–H groups in total. The first-order chi connectivity index (χ1) is 9.16. The van der Waals surface area contributed by atoms with Gasteiger partial charge in [-0.1, -0.05) is 31.9 Å². The number of rotatable bonds is 4. The van der Waals surface area contributed by atoms with Gasteiger partial charge in [0.15, 0.2) is 0 Å². The number of nitrogens with two attached hydrogens (primary N) is 1. The van der Waals surface area contributed by atoms with Crippen molar-refractivity contribution in [3.8, 4) is 0 Å². The first-order valence-corrected chi connectivity index (χ1v) is 6.47. The Morgan fingerprint density at radius 3 is 2.50 bits per heavy atom. The van der Waals surface area contributed by atoms with E-state index in [9.17, 15) is 18.0 Å². The summed E-state index contributed by atoms with van der Waals surface area (Å²) < 4.78 is 37.4. The maximum Gasteiger partial charge on any atom is 0.416 e. The second-order valence-corrected chi connectivity index (χ2v) is 5.00. The van der Waals surface area contributed by atoms with Crippen molar-refractivity contribution in [1.82, 2.24) is 0 Å². The van der Waals surface area contributed by atoms with E-state index in [-0.39, 0.29) is 16.6 Å². The van der Waals surface area contributed by atoms with Gasteiger partial charge in [0, 0.05) is 0 Å². The normalized spacial score (nSPS) is 14.8. The van der Waals surface area contributed by atoms with Crippen molar-refractivity contribution in [3.63, 3.8) is 0 Å². The quantitative estimate of drug-likeness (QED) is 0.891. The highest BCUT2D eigenvalue weighted by atomic mass is 35.5. The lowest BCUT2D eigenvalue weighted by Crippen LogP contribution is -2.40. The van der Waals surface area contributed by atoms with Gasteiger partial charge in [-0.05, 0) is 24.1 Å². The molecule has 0 saturated heterocycles. The van der Waals surface area contributed by atoms with Gasteiger partial charge in [0.05, 0.1) is 22.3 Å². The number of carbonyl (C=O) groups excluding carboxylic acids is 1. The predicted molar refractivity (Wildman–Crippen MR) is 72.5 cm³/mol. The molecule has 112 valence electrons. The number of nitrogens with one attached hydrogen (secondary N) is 1. The molecule has 0 aliphatic heterocycles. The van der Waals surface area contributed by atoms with Crippen LogP contribution in [0.1, 0.15) is 25.8 Å². The second kappa shape index (κ2) is 6.45. The summed E-state index contributed by atoms with van der Waals surface area (Å²) in [6.07, 6.45) is -3.76. The van der Waals surface area contributed by atoms with Gasteiger partial charge < -0.3 is 11.1 Å². The van der Waals surface area contributed by atoms with Gasteiger partial charge in [-0.25, -0.2) is 0 Å². The fourth-order valence-electron chi connectivity index (χ4n) is 1.52. The molecule has 0 bridgehead atoms. The molecular weight excluding hydrogens is 293 g/mol. The number of anilines is 1. The Bertz CT molecular complexity index is 491. The molecule has 0 aliphatic carbocycles. The van der Waals surface area contributed by atoms with E-state index in [1.54, 1.807) is 0 Å². The standard InChI is InChI=1S/C13H16ClF3N2O/c1-3-7(2)11(18)12(20)19-10-5-4-8(6-9(10)14)13(15,16)17/h4-7,11H,3,18H2,1-2H3,(H,19,20)/t7?,11-/m0/s1. The maximum atomic E-state index is 12.5. The van der Waals surface area contributed by atoms with Gasteiger partial charge in [-0.3, -0.25) is 4.79 Å². The first kappa shape index (κ1) is 16.8. The summed E-state index contributed by atoms with van der Waals surface area (Å²) in [5, 5.41) is 2.26. The van der Waals surface area contributed by atoms with Crippen LogP contribution >= 0.6 is 11.6 Å². The van der Waals surface area contributed by atoms with Gasteiger partial charge in [0.25, 0.3) is 0 Å². The van der Waals surface area contributed by atoms with E-state index in [0.29, 0.717) is 0 Å². The molecule has 1 aromatic rings. The number of benzene rings is 1. The minimum absolute atomic E-state index is 0.0387. The molecule has 0 spiro atoms. The van der Waals surface area contributed by atoms with Crippen LogP contribution in [0.3, 0.4) is 0 Å². The fourth-order valence-corrected chi connectivity index (χ4v) is 1.75. The molecule has 0 radical (unpaired) electrons. The van der Waals surface area contributed by atoms with Crippen LogP contribution in [0.15, 0.2) is 18.2 Å². The van der Waals surface area contributed by atoms with Gasteiger partial charge in [0.1, 0.15) is 0 Å². The van der Waals surface area contributed by atoms with Crippen molar-refractivity contribution in [3.05, 3.63) is 28.8 Å². The molecule has 1 unspecified atom stereocenters. The Kier molecular flexibility index (Phi) is 5.42. The molecule has 3 nitrogen and oxygen atoms in total. The minimum atomic E-state index is -4.47. The predicted octanol–water partition coefficient (Wildman–Crippen LogP) is 3.67. The molecule has 0 fully saturated rings. The summed E-state index contributed by atoms with van der Waals surface area (Å²) in [6.45, 7) is 3.71. The molecule has 0 saturated carbocycles.